The summed E-state index contributed by atoms with van der Waals surface area (Å²) in [5.41, 5.74) is 6.85. The molecule has 0 radical (unpaired) electrons. The lowest BCUT2D eigenvalue weighted by Crippen LogP contribution is -2.26. The first-order chi connectivity index (χ1) is 20.1. The number of allylic oxidation sites excluding steroid dienone is 1. The lowest BCUT2D eigenvalue weighted by atomic mass is 9.78. The normalized spacial score (nSPS) is 17.9. The Morgan fingerprint density at radius 3 is 2.27 bits per heavy atom. The Hall–Kier alpha value is -4.71. The van der Waals surface area contributed by atoms with Crippen molar-refractivity contribution in [3.05, 3.63) is 125 Å². The van der Waals surface area contributed by atoms with Crippen LogP contribution in [0.5, 0.6) is 17.2 Å². The highest BCUT2D eigenvalue weighted by Gasteiger charge is 2.36. The number of anilines is 2. The number of para-hydroxylation sites is 2. The first kappa shape index (κ1) is 26.5. The number of methoxy groups -OCH3 is 1. The molecule has 0 bridgehead atoms. The van der Waals surface area contributed by atoms with E-state index < -0.39 is 0 Å². The number of carbonyl (C=O) groups is 1. The van der Waals surface area contributed by atoms with Crippen molar-refractivity contribution in [3.8, 4) is 17.2 Å². The zero-order valence-corrected chi connectivity index (χ0v) is 23.4. The maximum atomic E-state index is 13.9. The zero-order valence-electron chi connectivity index (χ0n) is 23.4. The van der Waals surface area contributed by atoms with Crippen LogP contribution in [-0.4, -0.2) is 19.5 Å². The third-order valence-electron chi connectivity index (χ3n) is 7.73. The van der Waals surface area contributed by atoms with Crippen LogP contribution in [0, 0.1) is 0 Å². The molecule has 0 amide bonds. The summed E-state index contributed by atoms with van der Waals surface area (Å²) in [5, 5.41) is 7.28. The van der Waals surface area contributed by atoms with Crippen LogP contribution >= 0.6 is 0 Å². The maximum Gasteiger partial charge on any atom is 0.163 e. The average Bonchev–Trinajstić information content (AvgIpc) is 3.18. The summed E-state index contributed by atoms with van der Waals surface area (Å²) in [6, 6.07) is 32.0. The lowest BCUT2D eigenvalue weighted by molar-refractivity contribution is -0.116. The van der Waals surface area contributed by atoms with Gasteiger partial charge >= 0.3 is 0 Å². The molecule has 208 valence electrons. The van der Waals surface area contributed by atoms with E-state index in [0.29, 0.717) is 37.6 Å². The monoisotopic (exact) mass is 546 g/mol. The van der Waals surface area contributed by atoms with Crippen LogP contribution in [0.25, 0.3) is 0 Å². The minimum Gasteiger partial charge on any atom is -0.493 e. The summed E-state index contributed by atoms with van der Waals surface area (Å²) in [5.74, 6) is 2.34. The van der Waals surface area contributed by atoms with Gasteiger partial charge in [0.05, 0.1) is 31.1 Å². The number of rotatable bonds is 8. The van der Waals surface area contributed by atoms with Crippen molar-refractivity contribution in [2.24, 2.45) is 0 Å². The molecule has 4 aromatic rings. The van der Waals surface area contributed by atoms with Crippen LogP contribution in [0.4, 0.5) is 11.4 Å². The van der Waals surface area contributed by atoms with Crippen LogP contribution in [-0.2, 0) is 11.4 Å². The number of fused-ring (bicyclic) bond motifs is 1. The number of carbonyl (C=O) groups excluding carboxylic acids is 1. The fourth-order valence-electron chi connectivity index (χ4n) is 5.69. The van der Waals surface area contributed by atoms with Crippen molar-refractivity contribution < 1.29 is 19.0 Å². The van der Waals surface area contributed by atoms with Crippen molar-refractivity contribution >= 4 is 17.2 Å². The van der Waals surface area contributed by atoms with E-state index in [1.165, 1.54) is 0 Å². The van der Waals surface area contributed by atoms with Crippen LogP contribution in [0.1, 0.15) is 48.4 Å². The van der Waals surface area contributed by atoms with Crippen LogP contribution in [0.15, 0.2) is 108 Å². The Bertz CT molecular complexity index is 1560. The van der Waals surface area contributed by atoms with Gasteiger partial charge in [0.1, 0.15) is 12.4 Å². The number of benzene rings is 4. The fourth-order valence-corrected chi connectivity index (χ4v) is 5.69. The maximum absolute atomic E-state index is 13.9. The Morgan fingerprint density at radius 2 is 1.51 bits per heavy atom. The molecule has 2 N–H and O–H groups in total. The van der Waals surface area contributed by atoms with Crippen molar-refractivity contribution in [3.63, 3.8) is 0 Å². The summed E-state index contributed by atoms with van der Waals surface area (Å²) < 4.78 is 17.3. The van der Waals surface area contributed by atoms with Gasteiger partial charge in [-0.25, -0.2) is 0 Å². The summed E-state index contributed by atoms with van der Waals surface area (Å²) in [6.45, 7) is 3.02. The Balaban J connectivity index is 1.30. The number of Topliss-reactive ketones (excluding diaryl/α,β-unsaturated/α-hetero) is 1. The number of ketones is 1. The third kappa shape index (κ3) is 5.64. The van der Waals surface area contributed by atoms with Gasteiger partial charge in [-0.05, 0) is 72.4 Å². The van der Waals surface area contributed by atoms with Crippen molar-refractivity contribution in [1.82, 2.24) is 0 Å². The molecular weight excluding hydrogens is 512 g/mol. The highest BCUT2D eigenvalue weighted by molar-refractivity contribution is 6.01. The zero-order chi connectivity index (χ0) is 28.2. The topological polar surface area (TPSA) is 68.8 Å². The highest BCUT2D eigenvalue weighted by Crippen LogP contribution is 2.45. The lowest BCUT2D eigenvalue weighted by Gasteiger charge is -2.30. The first-order valence-corrected chi connectivity index (χ1v) is 14.1. The van der Waals surface area contributed by atoms with Gasteiger partial charge in [0.2, 0.25) is 0 Å². The van der Waals surface area contributed by atoms with Crippen molar-refractivity contribution in [2.75, 3.05) is 24.4 Å². The second-order valence-corrected chi connectivity index (χ2v) is 10.4. The molecule has 4 aromatic carbocycles. The Morgan fingerprint density at radius 1 is 0.780 bits per heavy atom. The highest BCUT2D eigenvalue weighted by atomic mass is 16.5. The number of hydrogen-bond donors (Lipinski definition) is 2. The molecule has 1 heterocycles. The standard InChI is InChI=1S/C35H34N2O4/c1-3-40-32-18-15-25(21-33(32)39-2)26-19-30-34(31(38)20-26)35(37-29-12-8-7-11-28(29)36-30)24-13-16-27(17-14-24)41-22-23-9-5-4-6-10-23/h4-18,21,26,35-37H,3,19-20,22H2,1-2H3. The Kier molecular flexibility index (Phi) is 7.63. The molecule has 1 aliphatic carbocycles. The molecule has 0 saturated carbocycles. The molecule has 6 heteroatoms. The predicted octanol–water partition coefficient (Wildman–Crippen LogP) is 7.65. The molecule has 0 fully saturated rings. The minimum absolute atomic E-state index is 0.0259. The number of ether oxygens (including phenoxy) is 3. The second-order valence-electron chi connectivity index (χ2n) is 10.4. The van der Waals surface area contributed by atoms with E-state index in [-0.39, 0.29) is 17.7 Å². The summed E-state index contributed by atoms with van der Waals surface area (Å²) in [6.07, 6.45) is 1.13. The summed E-state index contributed by atoms with van der Waals surface area (Å²) >= 11 is 0. The fraction of sp³-hybridized carbons (Fsp3) is 0.229. The minimum atomic E-state index is -0.285. The predicted molar refractivity (Wildman–Crippen MR) is 162 cm³/mol. The molecule has 0 aromatic heterocycles. The molecular formula is C35H34N2O4. The largest absolute Gasteiger partial charge is 0.493 e. The van der Waals surface area contributed by atoms with E-state index in [4.69, 9.17) is 14.2 Å². The van der Waals surface area contributed by atoms with Crippen molar-refractivity contribution in [1.29, 1.82) is 0 Å². The van der Waals surface area contributed by atoms with Gasteiger partial charge in [-0.2, -0.15) is 0 Å². The Labute approximate surface area is 241 Å². The van der Waals surface area contributed by atoms with Gasteiger partial charge in [0.15, 0.2) is 17.3 Å². The van der Waals surface area contributed by atoms with Gasteiger partial charge < -0.3 is 24.8 Å². The summed E-state index contributed by atoms with van der Waals surface area (Å²) in [7, 11) is 1.65. The van der Waals surface area contributed by atoms with Crippen molar-refractivity contribution in [2.45, 2.75) is 38.3 Å². The van der Waals surface area contributed by atoms with E-state index in [0.717, 1.165) is 45.1 Å². The van der Waals surface area contributed by atoms with Gasteiger partial charge in [0, 0.05) is 17.7 Å². The summed E-state index contributed by atoms with van der Waals surface area (Å²) in [4.78, 5) is 13.9. The average molecular weight is 547 g/mol. The molecule has 6 rings (SSSR count). The van der Waals surface area contributed by atoms with Gasteiger partial charge in [-0.1, -0.05) is 60.7 Å². The first-order valence-electron chi connectivity index (χ1n) is 14.1. The second kappa shape index (κ2) is 11.8. The molecule has 0 saturated heterocycles. The van der Waals surface area contributed by atoms with Crippen LogP contribution in [0.2, 0.25) is 0 Å². The molecule has 41 heavy (non-hydrogen) atoms. The van der Waals surface area contributed by atoms with Crippen LogP contribution < -0.4 is 24.8 Å². The van der Waals surface area contributed by atoms with E-state index in [1.807, 2.05) is 104 Å². The van der Waals surface area contributed by atoms with Crippen LogP contribution in [0.3, 0.4) is 0 Å². The number of hydrogen-bond acceptors (Lipinski definition) is 6. The molecule has 2 unspecified atom stereocenters. The molecule has 0 spiro atoms. The van der Waals surface area contributed by atoms with E-state index in [2.05, 4.69) is 10.6 Å². The van der Waals surface area contributed by atoms with E-state index >= 15 is 0 Å². The van der Waals surface area contributed by atoms with Gasteiger partial charge in [0.25, 0.3) is 0 Å². The molecule has 2 aliphatic rings. The van der Waals surface area contributed by atoms with Gasteiger partial charge in [-0.3, -0.25) is 4.79 Å². The molecule has 6 nitrogen and oxygen atoms in total. The van der Waals surface area contributed by atoms with Gasteiger partial charge in [-0.15, -0.1) is 0 Å². The quantitative estimate of drug-likeness (QED) is 0.237. The third-order valence-corrected chi connectivity index (χ3v) is 7.73. The van der Waals surface area contributed by atoms with E-state index in [9.17, 15) is 4.79 Å². The van der Waals surface area contributed by atoms with E-state index in [1.54, 1.807) is 7.11 Å². The number of nitrogens with one attached hydrogen (secondary N) is 2. The smallest absolute Gasteiger partial charge is 0.163 e. The molecule has 2 atom stereocenters. The molecule has 1 aliphatic heterocycles. The SMILES string of the molecule is CCOc1ccc(C2CC(=O)C3=C(C2)Nc2ccccc2NC3c2ccc(OCc3ccccc3)cc2)cc1OC.